The van der Waals surface area contributed by atoms with E-state index in [1.807, 2.05) is 46.0 Å². The lowest BCUT2D eigenvalue weighted by atomic mass is 10.2. The molecule has 0 unspecified atom stereocenters. The summed E-state index contributed by atoms with van der Waals surface area (Å²) in [6, 6.07) is 1.81. The number of carbonyl (C=O) groups excluding carboxylic acids is 1. The SMILES string of the molecule is Cc1cn(-c2nc(Nc3cnn(C)c3C)ncc2F)c2ncc(NC(=O)/C=C/CN(C)C)cc12. The van der Waals surface area contributed by atoms with E-state index in [9.17, 15) is 9.18 Å². The summed E-state index contributed by atoms with van der Waals surface area (Å²) in [5.74, 6) is -0.535. The van der Waals surface area contributed by atoms with E-state index in [0.29, 0.717) is 17.9 Å². The summed E-state index contributed by atoms with van der Waals surface area (Å²) in [4.78, 5) is 27.0. The second-order valence-electron chi connectivity index (χ2n) is 8.19. The molecule has 0 fully saturated rings. The Balaban J connectivity index is 1.63. The molecule has 4 rings (SSSR count). The molecule has 0 spiro atoms. The number of anilines is 3. The van der Waals surface area contributed by atoms with Crippen LogP contribution in [0, 0.1) is 19.7 Å². The average Bonchev–Trinajstić information content (AvgIpc) is 3.28. The Bertz CT molecular complexity index is 1390. The van der Waals surface area contributed by atoms with Crippen LogP contribution in [0.3, 0.4) is 0 Å². The standard InChI is InChI=1S/C23H26FN9O/c1-14-13-33(21-17(14)9-16(10-25-21)28-20(34)7-6-8-31(3)4)22-18(24)11-26-23(30-22)29-19-12-27-32(5)15(19)2/h6-7,9-13H,8H2,1-5H3,(H,28,34)(H,26,29,30)/b7-6+. The van der Waals surface area contributed by atoms with Gasteiger partial charge in [-0.25, -0.2) is 14.4 Å². The minimum atomic E-state index is -0.587. The molecule has 0 saturated carbocycles. The van der Waals surface area contributed by atoms with Crippen molar-refractivity contribution < 1.29 is 9.18 Å². The zero-order valence-corrected chi connectivity index (χ0v) is 19.7. The van der Waals surface area contributed by atoms with Crippen LogP contribution in [0.4, 0.5) is 21.7 Å². The normalized spacial score (nSPS) is 11.6. The minimum Gasteiger partial charge on any atom is -0.321 e. The average molecular weight is 464 g/mol. The molecule has 0 atom stereocenters. The first kappa shape index (κ1) is 23.1. The maximum atomic E-state index is 14.8. The van der Waals surface area contributed by atoms with E-state index < -0.39 is 5.82 Å². The second-order valence-corrected chi connectivity index (χ2v) is 8.19. The van der Waals surface area contributed by atoms with Gasteiger partial charge in [0.2, 0.25) is 11.9 Å². The highest BCUT2D eigenvalue weighted by Gasteiger charge is 2.16. The predicted octanol–water partition coefficient (Wildman–Crippen LogP) is 3.10. The molecule has 0 aliphatic heterocycles. The van der Waals surface area contributed by atoms with Gasteiger partial charge in [0.25, 0.3) is 0 Å². The molecule has 0 aliphatic carbocycles. The maximum Gasteiger partial charge on any atom is 0.248 e. The Labute approximate surface area is 196 Å². The molecule has 0 bridgehead atoms. The highest BCUT2D eigenvalue weighted by Crippen LogP contribution is 2.26. The number of rotatable bonds is 7. The number of halogens is 1. The zero-order chi connectivity index (χ0) is 24.4. The van der Waals surface area contributed by atoms with Gasteiger partial charge in [-0.3, -0.25) is 14.0 Å². The summed E-state index contributed by atoms with van der Waals surface area (Å²) in [6.07, 6.45) is 9.32. The Hall–Kier alpha value is -4.12. The summed E-state index contributed by atoms with van der Waals surface area (Å²) in [5.41, 5.74) is 3.54. The predicted molar refractivity (Wildman–Crippen MR) is 129 cm³/mol. The number of hydrogen-bond donors (Lipinski definition) is 2. The Morgan fingerprint density at radius 2 is 2.00 bits per heavy atom. The Morgan fingerprint density at radius 1 is 1.21 bits per heavy atom. The first-order valence-electron chi connectivity index (χ1n) is 10.6. The minimum absolute atomic E-state index is 0.0630. The summed E-state index contributed by atoms with van der Waals surface area (Å²) < 4.78 is 18.0. The molecule has 34 heavy (non-hydrogen) atoms. The smallest absolute Gasteiger partial charge is 0.248 e. The lowest BCUT2D eigenvalue weighted by molar-refractivity contribution is -0.111. The first-order chi connectivity index (χ1) is 16.2. The third kappa shape index (κ3) is 4.79. The number of amides is 1. The van der Waals surface area contributed by atoms with Crippen molar-refractivity contribution in [3.8, 4) is 5.82 Å². The molecule has 10 nitrogen and oxygen atoms in total. The molecule has 1 amide bonds. The van der Waals surface area contributed by atoms with Crippen LogP contribution in [0.2, 0.25) is 0 Å². The molecule has 4 aromatic rings. The number of pyridine rings is 1. The van der Waals surface area contributed by atoms with Crippen molar-refractivity contribution in [2.75, 3.05) is 31.3 Å². The molecule has 4 heterocycles. The highest BCUT2D eigenvalue weighted by atomic mass is 19.1. The van der Waals surface area contributed by atoms with Crippen molar-refractivity contribution >= 4 is 34.3 Å². The van der Waals surface area contributed by atoms with Gasteiger partial charge in [0.05, 0.1) is 35.7 Å². The van der Waals surface area contributed by atoms with Crippen molar-refractivity contribution in [2.24, 2.45) is 7.05 Å². The maximum absolute atomic E-state index is 14.8. The summed E-state index contributed by atoms with van der Waals surface area (Å²) >= 11 is 0. The van der Waals surface area contributed by atoms with E-state index in [1.54, 1.807) is 27.7 Å². The van der Waals surface area contributed by atoms with Crippen LogP contribution in [-0.4, -0.2) is 60.7 Å². The van der Waals surface area contributed by atoms with Crippen LogP contribution >= 0.6 is 0 Å². The van der Waals surface area contributed by atoms with E-state index in [4.69, 9.17) is 0 Å². The molecule has 0 aromatic carbocycles. The van der Waals surface area contributed by atoms with E-state index in [2.05, 4.69) is 30.7 Å². The van der Waals surface area contributed by atoms with Crippen molar-refractivity contribution in [3.63, 3.8) is 0 Å². The van der Waals surface area contributed by atoms with Crippen LogP contribution in [0.25, 0.3) is 16.9 Å². The van der Waals surface area contributed by atoms with Gasteiger partial charge in [-0.05, 0) is 39.6 Å². The molecule has 0 saturated heterocycles. The summed E-state index contributed by atoms with van der Waals surface area (Å²) in [5, 5.41) is 10.8. The van der Waals surface area contributed by atoms with Crippen molar-refractivity contribution in [3.05, 3.63) is 60.1 Å². The van der Waals surface area contributed by atoms with Crippen LogP contribution in [0.5, 0.6) is 0 Å². The fourth-order valence-corrected chi connectivity index (χ4v) is 3.38. The van der Waals surface area contributed by atoms with Crippen molar-refractivity contribution in [2.45, 2.75) is 13.8 Å². The number of aromatic nitrogens is 6. The topological polar surface area (TPSA) is 106 Å². The first-order valence-corrected chi connectivity index (χ1v) is 10.6. The quantitative estimate of drug-likeness (QED) is 0.406. The number of hydrogen-bond acceptors (Lipinski definition) is 7. The number of fused-ring (bicyclic) bond motifs is 1. The number of carbonyl (C=O) groups is 1. The molecular formula is C23H26FN9O. The number of nitrogens with one attached hydrogen (secondary N) is 2. The van der Waals surface area contributed by atoms with E-state index in [0.717, 1.165) is 28.5 Å². The molecule has 11 heteroatoms. The Morgan fingerprint density at radius 3 is 2.71 bits per heavy atom. The number of nitrogens with zero attached hydrogens (tertiary/aromatic N) is 7. The molecular weight excluding hydrogens is 437 g/mol. The van der Waals surface area contributed by atoms with Crippen molar-refractivity contribution in [1.29, 1.82) is 0 Å². The molecule has 2 N–H and O–H groups in total. The van der Waals surface area contributed by atoms with E-state index in [1.165, 1.54) is 12.3 Å². The van der Waals surface area contributed by atoms with Crippen LogP contribution < -0.4 is 10.6 Å². The van der Waals surface area contributed by atoms with Gasteiger partial charge in [-0.2, -0.15) is 10.1 Å². The van der Waals surface area contributed by atoms with Gasteiger partial charge >= 0.3 is 0 Å². The van der Waals surface area contributed by atoms with Crippen LogP contribution in [0.15, 0.2) is 43.0 Å². The van der Waals surface area contributed by atoms with Gasteiger partial charge in [-0.15, -0.1) is 0 Å². The van der Waals surface area contributed by atoms with Gasteiger partial charge in [0.15, 0.2) is 11.6 Å². The van der Waals surface area contributed by atoms with E-state index in [-0.39, 0.29) is 17.7 Å². The van der Waals surface area contributed by atoms with Gasteiger partial charge in [0, 0.05) is 31.3 Å². The van der Waals surface area contributed by atoms with Gasteiger partial charge in [0.1, 0.15) is 5.65 Å². The van der Waals surface area contributed by atoms with Crippen LogP contribution in [-0.2, 0) is 11.8 Å². The van der Waals surface area contributed by atoms with Crippen LogP contribution in [0.1, 0.15) is 11.3 Å². The molecule has 4 aromatic heterocycles. The van der Waals surface area contributed by atoms with Gasteiger partial charge in [-0.1, -0.05) is 6.08 Å². The molecule has 176 valence electrons. The Kier molecular flexibility index (Phi) is 6.37. The van der Waals surface area contributed by atoms with E-state index >= 15 is 0 Å². The molecule has 0 aliphatic rings. The summed E-state index contributed by atoms with van der Waals surface area (Å²) in [7, 11) is 5.68. The second kappa shape index (κ2) is 9.40. The lowest BCUT2D eigenvalue weighted by Crippen LogP contribution is -2.13. The third-order valence-electron chi connectivity index (χ3n) is 5.29. The largest absolute Gasteiger partial charge is 0.321 e. The molecule has 0 radical (unpaired) electrons. The highest BCUT2D eigenvalue weighted by molar-refractivity contribution is 6.00. The summed E-state index contributed by atoms with van der Waals surface area (Å²) in [6.45, 7) is 4.45. The fourth-order valence-electron chi connectivity index (χ4n) is 3.38. The monoisotopic (exact) mass is 463 g/mol. The van der Waals surface area contributed by atoms with Gasteiger partial charge < -0.3 is 15.5 Å². The zero-order valence-electron chi connectivity index (χ0n) is 19.7. The lowest BCUT2D eigenvalue weighted by Gasteiger charge is -2.09. The van der Waals surface area contributed by atoms with Crippen molar-refractivity contribution in [1.82, 2.24) is 34.2 Å². The fraction of sp³-hybridized carbons (Fsp3) is 0.261. The third-order valence-corrected chi connectivity index (χ3v) is 5.29. The number of likely N-dealkylation sites (N-methyl/N-ethyl adjacent to an activating group) is 1. The number of aryl methyl sites for hydroxylation is 2.